The second-order valence-corrected chi connectivity index (χ2v) is 5.16. The van der Waals surface area contributed by atoms with E-state index in [0.717, 1.165) is 11.3 Å². The largest absolute Gasteiger partial charge is 0.478 e. The Balaban J connectivity index is 2.43. The van der Waals surface area contributed by atoms with E-state index in [2.05, 4.69) is 0 Å². The quantitative estimate of drug-likeness (QED) is 0.428. The van der Waals surface area contributed by atoms with Crippen molar-refractivity contribution in [1.29, 1.82) is 0 Å². The van der Waals surface area contributed by atoms with Crippen LogP contribution in [0.3, 0.4) is 0 Å². The van der Waals surface area contributed by atoms with Crippen molar-refractivity contribution in [3.05, 3.63) is 35.9 Å². The number of aliphatic carboxylic acids is 1. The number of amides is 1. The maximum atomic E-state index is 11.2. The molecule has 1 heterocycles. The summed E-state index contributed by atoms with van der Waals surface area (Å²) in [5.41, 5.74) is 2.76. The number of nitrogens with one attached hydrogen (secondary N) is 2. The van der Waals surface area contributed by atoms with E-state index >= 15 is 0 Å². The van der Waals surface area contributed by atoms with Gasteiger partial charge in [0.25, 0.3) is 0 Å². The van der Waals surface area contributed by atoms with Crippen molar-refractivity contribution < 1.29 is 29.8 Å². The molecular weight excluding hydrogens is 312 g/mol. The summed E-state index contributed by atoms with van der Waals surface area (Å²) in [5.74, 6) is -4.32. The van der Waals surface area contributed by atoms with E-state index in [0.29, 0.717) is 16.1 Å². The van der Waals surface area contributed by atoms with Gasteiger partial charge in [0.1, 0.15) is 5.00 Å². The topological polar surface area (TPSA) is 136 Å². The highest BCUT2D eigenvalue weighted by atomic mass is 32.1. The van der Waals surface area contributed by atoms with Crippen LogP contribution in [0.1, 0.15) is 10.4 Å². The van der Waals surface area contributed by atoms with Crippen LogP contribution < -0.4 is 10.8 Å². The van der Waals surface area contributed by atoms with Crippen molar-refractivity contribution in [3.8, 4) is 10.4 Å². The molecular formula is C13H10N2O6S. The lowest BCUT2D eigenvalue weighted by atomic mass is 10.1. The van der Waals surface area contributed by atoms with Crippen molar-refractivity contribution in [1.82, 2.24) is 0 Å². The Hall–Kier alpha value is -2.91. The van der Waals surface area contributed by atoms with Crippen LogP contribution in [-0.2, 0) is 9.59 Å². The Morgan fingerprint density at radius 1 is 1.09 bits per heavy atom. The van der Waals surface area contributed by atoms with Gasteiger partial charge in [-0.1, -0.05) is 12.1 Å². The zero-order valence-electron chi connectivity index (χ0n) is 10.9. The van der Waals surface area contributed by atoms with Gasteiger partial charge in [0.05, 0.1) is 11.3 Å². The zero-order chi connectivity index (χ0) is 16.3. The Kier molecular flexibility index (Phi) is 4.39. The van der Waals surface area contributed by atoms with E-state index in [-0.39, 0.29) is 10.6 Å². The zero-order valence-corrected chi connectivity index (χ0v) is 11.7. The lowest BCUT2D eigenvalue weighted by Gasteiger charge is -2.01. The third-order valence-electron chi connectivity index (χ3n) is 2.66. The summed E-state index contributed by atoms with van der Waals surface area (Å²) in [6.45, 7) is 0. The second-order valence-electron chi connectivity index (χ2n) is 4.11. The van der Waals surface area contributed by atoms with E-state index in [9.17, 15) is 14.4 Å². The molecule has 9 heteroatoms. The number of hydrogen-bond donors (Lipinski definition) is 5. The van der Waals surface area contributed by atoms with Gasteiger partial charge in [-0.15, -0.1) is 11.3 Å². The number of anilines is 2. The molecule has 0 saturated carbocycles. The number of thiophene rings is 1. The minimum atomic E-state index is -1.71. The fourth-order valence-electron chi connectivity index (χ4n) is 1.68. The fraction of sp³-hybridized carbons (Fsp3) is 0. The van der Waals surface area contributed by atoms with Crippen LogP contribution in [0.15, 0.2) is 30.3 Å². The van der Waals surface area contributed by atoms with Gasteiger partial charge in [0.15, 0.2) is 0 Å². The average molecular weight is 322 g/mol. The standard InChI is InChI=1S/C13H10N2O6S/c16-10(13(19)20)14-11-8(12(17)18)5-9(22-11)6-2-1-3-7(4-6)15-21/h1-5,15,21H,(H,14,16)(H,17,18)(H,19,20). The molecule has 0 radical (unpaired) electrons. The molecule has 22 heavy (non-hydrogen) atoms. The molecule has 0 atom stereocenters. The molecule has 0 bridgehead atoms. The van der Waals surface area contributed by atoms with Crippen molar-refractivity contribution in [2.24, 2.45) is 0 Å². The van der Waals surface area contributed by atoms with Gasteiger partial charge >= 0.3 is 17.8 Å². The number of aromatic carboxylic acids is 1. The number of rotatable bonds is 4. The predicted octanol–water partition coefficient (Wildman–Crippen LogP) is 1.94. The van der Waals surface area contributed by atoms with Gasteiger partial charge < -0.3 is 15.5 Å². The molecule has 8 nitrogen and oxygen atoms in total. The summed E-state index contributed by atoms with van der Waals surface area (Å²) >= 11 is 0.920. The summed E-state index contributed by atoms with van der Waals surface area (Å²) in [7, 11) is 0. The number of carboxylic acid groups (broad SMARTS) is 2. The van der Waals surface area contributed by atoms with E-state index in [1.807, 2.05) is 10.8 Å². The molecule has 1 amide bonds. The summed E-state index contributed by atoms with van der Waals surface area (Å²) in [6, 6.07) is 7.81. The summed E-state index contributed by atoms with van der Waals surface area (Å²) in [5, 5.41) is 28.6. The molecule has 2 aromatic rings. The molecule has 0 spiro atoms. The highest BCUT2D eigenvalue weighted by molar-refractivity contribution is 7.20. The summed E-state index contributed by atoms with van der Waals surface area (Å²) in [6.07, 6.45) is 0. The number of carbonyl (C=O) groups is 3. The third-order valence-corrected chi connectivity index (χ3v) is 3.76. The molecule has 0 aliphatic carbocycles. The Morgan fingerprint density at radius 3 is 2.41 bits per heavy atom. The molecule has 0 aliphatic heterocycles. The smallest absolute Gasteiger partial charge is 0.394 e. The van der Waals surface area contributed by atoms with Gasteiger partial charge in [-0.3, -0.25) is 15.5 Å². The van der Waals surface area contributed by atoms with Gasteiger partial charge in [-0.2, -0.15) is 0 Å². The van der Waals surface area contributed by atoms with Crippen LogP contribution in [0.5, 0.6) is 0 Å². The first-order valence-corrected chi connectivity index (χ1v) is 6.66. The SMILES string of the molecule is O=C(O)C(=O)Nc1sc(-c2cccc(NO)c2)cc1C(=O)O. The number of benzene rings is 1. The predicted molar refractivity (Wildman–Crippen MR) is 78.4 cm³/mol. The molecule has 2 rings (SSSR count). The number of carboxylic acids is 2. The van der Waals surface area contributed by atoms with Crippen LogP contribution in [0.4, 0.5) is 10.7 Å². The molecule has 1 aromatic carbocycles. The van der Waals surface area contributed by atoms with Gasteiger partial charge in [0, 0.05) is 4.88 Å². The summed E-state index contributed by atoms with van der Waals surface area (Å²) < 4.78 is 0. The molecule has 0 unspecified atom stereocenters. The van der Waals surface area contributed by atoms with Crippen molar-refractivity contribution in [2.45, 2.75) is 0 Å². The lowest BCUT2D eigenvalue weighted by Crippen LogP contribution is -2.22. The minimum Gasteiger partial charge on any atom is -0.478 e. The van der Waals surface area contributed by atoms with Crippen LogP contribution in [0.2, 0.25) is 0 Å². The number of carbonyl (C=O) groups excluding carboxylic acids is 1. The molecule has 5 N–H and O–H groups in total. The van der Waals surface area contributed by atoms with Crippen LogP contribution in [-0.4, -0.2) is 33.3 Å². The van der Waals surface area contributed by atoms with E-state index in [4.69, 9.17) is 15.4 Å². The Labute approximate surface area is 127 Å². The molecule has 0 aliphatic rings. The Morgan fingerprint density at radius 2 is 1.82 bits per heavy atom. The lowest BCUT2D eigenvalue weighted by molar-refractivity contribution is -0.147. The van der Waals surface area contributed by atoms with E-state index < -0.39 is 17.8 Å². The molecule has 114 valence electrons. The molecule has 1 aromatic heterocycles. The van der Waals surface area contributed by atoms with E-state index in [1.165, 1.54) is 6.07 Å². The van der Waals surface area contributed by atoms with Crippen molar-refractivity contribution in [3.63, 3.8) is 0 Å². The monoisotopic (exact) mass is 322 g/mol. The van der Waals surface area contributed by atoms with E-state index in [1.54, 1.807) is 24.3 Å². The molecule has 0 fully saturated rings. The average Bonchev–Trinajstić information content (AvgIpc) is 2.91. The first kappa shape index (κ1) is 15.5. The fourth-order valence-corrected chi connectivity index (χ4v) is 2.73. The van der Waals surface area contributed by atoms with Crippen LogP contribution in [0.25, 0.3) is 10.4 Å². The third kappa shape index (κ3) is 3.22. The van der Waals surface area contributed by atoms with Crippen LogP contribution >= 0.6 is 11.3 Å². The van der Waals surface area contributed by atoms with Gasteiger partial charge in [0.2, 0.25) is 0 Å². The molecule has 0 saturated heterocycles. The normalized spacial score (nSPS) is 10.0. The van der Waals surface area contributed by atoms with Crippen molar-refractivity contribution >= 4 is 39.9 Å². The first-order chi connectivity index (χ1) is 10.4. The van der Waals surface area contributed by atoms with Crippen molar-refractivity contribution in [2.75, 3.05) is 10.8 Å². The number of hydrogen-bond acceptors (Lipinski definition) is 6. The minimum absolute atomic E-state index is 0.0720. The van der Waals surface area contributed by atoms with Crippen LogP contribution in [0, 0.1) is 0 Å². The first-order valence-electron chi connectivity index (χ1n) is 5.84. The highest BCUT2D eigenvalue weighted by Crippen LogP contribution is 2.36. The van der Waals surface area contributed by atoms with Gasteiger partial charge in [-0.25, -0.2) is 9.59 Å². The summed E-state index contributed by atoms with van der Waals surface area (Å²) in [4.78, 5) is 33.4. The Bertz CT molecular complexity index is 755. The highest BCUT2D eigenvalue weighted by Gasteiger charge is 2.20. The maximum Gasteiger partial charge on any atom is 0.394 e. The second kappa shape index (κ2) is 6.24. The maximum absolute atomic E-state index is 11.2. The van der Waals surface area contributed by atoms with Gasteiger partial charge in [-0.05, 0) is 23.8 Å².